The van der Waals surface area contributed by atoms with Gasteiger partial charge in [-0.1, -0.05) is 11.2 Å². The summed E-state index contributed by atoms with van der Waals surface area (Å²) in [6, 6.07) is 7.45. The van der Waals surface area contributed by atoms with Crippen molar-refractivity contribution < 1.29 is 18.8 Å². The van der Waals surface area contributed by atoms with Gasteiger partial charge >= 0.3 is 0 Å². The highest BCUT2D eigenvalue weighted by Crippen LogP contribution is 2.43. The molecule has 0 aromatic carbocycles. The molecule has 5 rings (SSSR count). The summed E-state index contributed by atoms with van der Waals surface area (Å²) >= 11 is 0. The number of likely N-dealkylation sites (tertiary alicyclic amines) is 1. The van der Waals surface area contributed by atoms with Gasteiger partial charge in [-0.3, -0.25) is 4.79 Å². The van der Waals surface area contributed by atoms with Crippen LogP contribution in [0.3, 0.4) is 0 Å². The van der Waals surface area contributed by atoms with E-state index in [-0.39, 0.29) is 11.5 Å². The Morgan fingerprint density at radius 3 is 2.96 bits per heavy atom. The molecule has 0 bridgehead atoms. The van der Waals surface area contributed by atoms with Crippen LogP contribution in [0.15, 0.2) is 35.0 Å². The first kappa shape index (κ1) is 16.7. The molecule has 27 heavy (non-hydrogen) atoms. The Labute approximate surface area is 157 Å². The Kier molecular flexibility index (Phi) is 4.11. The van der Waals surface area contributed by atoms with Crippen molar-refractivity contribution in [3.63, 3.8) is 0 Å². The first-order chi connectivity index (χ1) is 13.2. The van der Waals surface area contributed by atoms with Crippen molar-refractivity contribution in [3.05, 3.63) is 41.9 Å². The second-order valence-electron chi connectivity index (χ2n) is 7.75. The molecule has 2 aromatic rings. The fourth-order valence-corrected chi connectivity index (χ4v) is 4.14. The Morgan fingerprint density at radius 2 is 2.19 bits per heavy atom. The lowest BCUT2D eigenvalue weighted by molar-refractivity contribution is -0.119. The number of pyridine rings is 1. The van der Waals surface area contributed by atoms with Gasteiger partial charge in [0, 0.05) is 30.9 Å². The van der Waals surface area contributed by atoms with Crippen LogP contribution in [0.4, 0.5) is 0 Å². The van der Waals surface area contributed by atoms with Crippen LogP contribution >= 0.6 is 0 Å². The van der Waals surface area contributed by atoms with Crippen molar-refractivity contribution in [2.45, 2.75) is 37.2 Å². The Morgan fingerprint density at radius 1 is 1.30 bits per heavy atom. The number of hydrogen-bond acceptors (Lipinski definition) is 6. The molecule has 4 heterocycles. The molecule has 2 saturated heterocycles. The molecule has 3 aliphatic rings. The summed E-state index contributed by atoms with van der Waals surface area (Å²) in [6.45, 7) is 2.58. The molecule has 1 saturated carbocycles. The molecule has 2 aliphatic heterocycles. The molecule has 1 unspecified atom stereocenters. The minimum absolute atomic E-state index is 0.0599. The Balaban J connectivity index is 1.15. The lowest BCUT2D eigenvalue weighted by Gasteiger charge is -2.50. The predicted molar refractivity (Wildman–Crippen MR) is 95.5 cm³/mol. The SMILES string of the molecule is O=C(c1cc(C2CC2)on1)N1CC2(C1)OCCC2CCOc1ccccn1. The van der Waals surface area contributed by atoms with E-state index in [1.165, 1.54) is 0 Å². The minimum Gasteiger partial charge on any atom is -0.478 e. The van der Waals surface area contributed by atoms with Gasteiger partial charge in [-0.15, -0.1) is 0 Å². The molecule has 7 heteroatoms. The molecule has 1 amide bonds. The average Bonchev–Trinajstić information content (AvgIpc) is 3.24. The molecule has 0 N–H and O–H groups in total. The van der Waals surface area contributed by atoms with Gasteiger partial charge in [0.1, 0.15) is 11.4 Å². The molecule has 3 fully saturated rings. The van der Waals surface area contributed by atoms with E-state index in [1.807, 2.05) is 23.1 Å². The molecule has 1 aliphatic carbocycles. The molecule has 0 radical (unpaired) electrons. The van der Waals surface area contributed by atoms with Crippen molar-refractivity contribution in [3.8, 4) is 5.88 Å². The number of ether oxygens (including phenoxy) is 2. The maximum Gasteiger partial charge on any atom is 0.276 e. The van der Waals surface area contributed by atoms with Crippen LogP contribution in [0, 0.1) is 5.92 Å². The number of hydrogen-bond donors (Lipinski definition) is 0. The molecular weight excluding hydrogens is 346 g/mol. The number of carbonyl (C=O) groups is 1. The summed E-state index contributed by atoms with van der Waals surface area (Å²) in [4.78, 5) is 18.6. The van der Waals surface area contributed by atoms with Gasteiger partial charge in [-0.2, -0.15) is 0 Å². The van der Waals surface area contributed by atoms with Crippen LogP contribution in [0.5, 0.6) is 5.88 Å². The fraction of sp³-hybridized carbons (Fsp3) is 0.550. The van der Waals surface area contributed by atoms with Gasteiger partial charge in [0.15, 0.2) is 5.69 Å². The summed E-state index contributed by atoms with van der Waals surface area (Å²) in [5.74, 6) is 2.28. The third-order valence-corrected chi connectivity index (χ3v) is 5.89. The summed E-state index contributed by atoms with van der Waals surface area (Å²) in [5, 5.41) is 3.96. The van der Waals surface area contributed by atoms with Crippen molar-refractivity contribution in [2.24, 2.45) is 5.92 Å². The standard InChI is InChI=1S/C20H23N3O4/c24-19(16-11-17(27-22-16)14-4-5-14)23-12-20(13-23)15(7-10-26-20)6-9-25-18-3-1-2-8-21-18/h1-3,8,11,14-15H,4-7,9-10,12-13H2. The predicted octanol–water partition coefficient (Wildman–Crippen LogP) is 2.65. The van der Waals surface area contributed by atoms with E-state index < -0.39 is 0 Å². The minimum atomic E-state index is -0.230. The molecular formula is C20H23N3O4. The lowest BCUT2D eigenvalue weighted by Crippen LogP contribution is -2.66. The Hall–Kier alpha value is -2.41. The largest absolute Gasteiger partial charge is 0.478 e. The highest BCUT2D eigenvalue weighted by molar-refractivity contribution is 5.93. The highest BCUT2D eigenvalue weighted by Gasteiger charge is 2.54. The highest BCUT2D eigenvalue weighted by atomic mass is 16.5. The number of carbonyl (C=O) groups excluding carboxylic acids is 1. The summed E-state index contributed by atoms with van der Waals surface area (Å²) < 4.78 is 17.1. The van der Waals surface area contributed by atoms with E-state index in [4.69, 9.17) is 14.0 Å². The van der Waals surface area contributed by atoms with E-state index >= 15 is 0 Å². The zero-order chi connectivity index (χ0) is 18.3. The van der Waals surface area contributed by atoms with Crippen LogP contribution < -0.4 is 4.74 Å². The van der Waals surface area contributed by atoms with Crippen molar-refractivity contribution in [1.82, 2.24) is 15.0 Å². The van der Waals surface area contributed by atoms with Gasteiger partial charge in [-0.25, -0.2) is 4.98 Å². The fourth-order valence-electron chi connectivity index (χ4n) is 4.14. The maximum atomic E-state index is 12.6. The van der Waals surface area contributed by atoms with Crippen molar-refractivity contribution in [1.29, 1.82) is 0 Å². The van der Waals surface area contributed by atoms with E-state index in [0.29, 0.717) is 43.1 Å². The zero-order valence-corrected chi connectivity index (χ0v) is 15.2. The van der Waals surface area contributed by atoms with Gasteiger partial charge in [-0.05, 0) is 37.7 Å². The quantitative estimate of drug-likeness (QED) is 0.779. The molecule has 1 spiro atoms. The second-order valence-corrected chi connectivity index (χ2v) is 7.75. The van der Waals surface area contributed by atoms with Crippen LogP contribution in [-0.2, 0) is 4.74 Å². The Bertz CT molecular complexity index is 812. The third kappa shape index (κ3) is 3.20. The lowest BCUT2D eigenvalue weighted by atomic mass is 9.79. The number of amides is 1. The van der Waals surface area contributed by atoms with E-state index in [9.17, 15) is 4.79 Å². The molecule has 2 aromatic heterocycles. The molecule has 7 nitrogen and oxygen atoms in total. The van der Waals surface area contributed by atoms with E-state index in [0.717, 1.165) is 38.1 Å². The normalized spacial score (nSPS) is 23.4. The number of rotatable bonds is 6. The van der Waals surface area contributed by atoms with Gasteiger partial charge in [0.05, 0.1) is 19.7 Å². The summed E-state index contributed by atoms with van der Waals surface area (Å²) in [7, 11) is 0. The second kappa shape index (κ2) is 6.64. The molecule has 1 atom stereocenters. The third-order valence-electron chi connectivity index (χ3n) is 5.89. The first-order valence-electron chi connectivity index (χ1n) is 9.67. The maximum absolute atomic E-state index is 12.6. The monoisotopic (exact) mass is 369 g/mol. The van der Waals surface area contributed by atoms with Crippen LogP contribution in [0.1, 0.15) is 47.8 Å². The van der Waals surface area contributed by atoms with Crippen LogP contribution in [-0.4, -0.2) is 52.9 Å². The topological polar surface area (TPSA) is 77.7 Å². The van der Waals surface area contributed by atoms with Crippen LogP contribution in [0.25, 0.3) is 0 Å². The zero-order valence-electron chi connectivity index (χ0n) is 15.2. The van der Waals surface area contributed by atoms with Crippen LogP contribution in [0.2, 0.25) is 0 Å². The van der Waals surface area contributed by atoms with Crippen molar-refractivity contribution >= 4 is 5.91 Å². The molecule has 142 valence electrons. The number of nitrogens with zero attached hydrogens (tertiary/aromatic N) is 3. The van der Waals surface area contributed by atoms with Gasteiger partial charge in [0.25, 0.3) is 5.91 Å². The van der Waals surface area contributed by atoms with E-state index in [1.54, 1.807) is 12.3 Å². The number of aromatic nitrogens is 2. The van der Waals surface area contributed by atoms with Crippen molar-refractivity contribution in [2.75, 3.05) is 26.3 Å². The smallest absolute Gasteiger partial charge is 0.276 e. The van der Waals surface area contributed by atoms with E-state index in [2.05, 4.69) is 10.1 Å². The summed E-state index contributed by atoms with van der Waals surface area (Å²) in [6.07, 6.45) is 5.89. The summed E-state index contributed by atoms with van der Waals surface area (Å²) in [5.41, 5.74) is 0.186. The van der Waals surface area contributed by atoms with Gasteiger partial charge in [0.2, 0.25) is 5.88 Å². The average molecular weight is 369 g/mol. The van der Waals surface area contributed by atoms with Gasteiger partial charge < -0.3 is 18.9 Å². The first-order valence-corrected chi connectivity index (χ1v) is 9.67.